The maximum absolute atomic E-state index is 13.8. The van der Waals surface area contributed by atoms with Gasteiger partial charge in [0.25, 0.3) is 0 Å². The van der Waals surface area contributed by atoms with Crippen LogP contribution in [-0.4, -0.2) is 61.1 Å². The van der Waals surface area contributed by atoms with Gasteiger partial charge in [0.15, 0.2) is 11.6 Å². The fourth-order valence-electron chi connectivity index (χ4n) is 3.06. The number of hydrogen-bond acceptors (Lipinski definition) is 4. The highest BCUT2D eigenvalue weighted by Crippen LogP contribution is 2.19. The Bertz CT molecular complexity index is 645. The van der Waals surface area contributed by atoms with Crippen molar-refractivity contribution in [1.29, 1.82) is 0 Å². The van der Waals surface area contributed by atoms with Gasteiger partial charge in [-0.1, -0.05) is 19.9 Å². The summed E-state index contributed by atoms with van der Waals surface area (Å²) in [4.78, 5) is 27.7. The van der Waals surface area contributed by atoms with Crippen LogP contribution in [0, 0.1) is 11.7 Å². The highest BCUT2D eigenvalue weighted by molar-refractivity contribution is 5.86. The standard InChI is InChI=1S/C18H27FN4O3/c1-12(2)16(21-18(20)25)17(24)23-8-6-22(7-9-23)11-13-4-5-15(26-3)14(19)10-13/h4-5,10,12,16H,6-9,11H2,1-3H3,(H3,20,21,25)/t16-/m0/s1. The summed E-state index contributed by atoms with van der Waals surface area (Å²) < 4.78 is 18.7. The van der Waals surface area contributed by atoms with E-state index in [1.165, 1.54) is 13.2 Å². The van der Waals surface area contributed by atoms with Gasteiger partial charge in [0.1, 0.15) is 6.04 Å². The number of carbonyl (C=O) groups excluding carboxylic acids is 2. The number of urea groups is 1. The first-order valence-corrected chi connectivity index (χ1v) is 8.71. The summed E-state index contributed by atoms with van der Waals surface area (Å²) in [5.41, 5.74) is 6.03. The summed E-state index contributed by atoms with van der Waals surface area (Å²) in [5, 5.41) is 2.52. The normalized spacial score (nSPS) is 16.4. The number of hydrogen-bond donors (Lipinski definition) is 2. The number of primary amides is 1. The Hall–Kier alpha value is -2.35. The highest BCUT2D eigenvalue weighted by atomic mass is 19.1. The Morgan fingerprint density at radius 2 is 1.92 bits per heavy atom. The summed E-state index contributed by atoms with van der Waals surface area (Å²) in [6.45, 7) is 6.82. The molecule has 0 radical (unpaired) electrons. The van der Waals surface area contributed by atoms with Crippen LogP contribution >= 0.6 is 0 Å². The smallest absolute Gasteiger partial charge is 0.312 e. The minimum Gasteiger partial charge on any atom is -0.494 e. The molecule has 1 heterocycles. The van der Waals surface area contributed by atoms with Crippen molar-refractivity contribution in [2.24, 2.45) is 11.7 Å². The lowest BCUT2D eigenvalue weighted by Gasteiger charge is -2.37. The quantitative estimate of drug-likeness (QED) is 0.791. The van der Waals surface area contributed by atoms with Gasteiger partial charge in [0.05, 0.1) is 7.11 Å². The van der Waals surface area contributed by atoms with Crippen LogP contribution in [0.4, 0.5) is 9.18 Å². The van der Waals surface area contributed by atoms with Crippen LogP contribution in [0.25, 0.3) is 0 Å². The number of halogens is 1. The molecule has 1 aliphatic rings. The largest absolute Gasteiger partial charge is 0.494 e. The number of amides is 3. The van der Waals surface area contributed by atoms with Crippen molar-refractivity contribution in [1.82, 2.24) is 15.1 Å². The molecule has 0 aliphatic carbocycles. The second-order valence-electron chi connectivity index (χ2n) is 6.80. The van der Waals surface area contributed by atoms with E-state index in [2.05, 4.69) is 10.2 Å². The minimum absolute atomic E-state index is 0.0460. The predicted molar refractivity (Wildman–Crippen MR) is 96.2 cm³/mol. The number of nitrogens with two attached hydrogens (primary N) is 1. The fraction of sp³-hybridized carbons (Fsp3) is 0.556. The van der Waals surface area contributed by atoms with Gasteiger partial charge in [-0.25, -0.2) is 9.18 Å². The maximum Gasteiger partial charge on any atom is 0.312 e. The number of methoxy groups -OCH3 is 1. The maximum atomic E-state index is 13.8. The van der Waals surface area contributed by atoms with E-state index in [-0.39, 0.29) is 23.4 Å². The summed E-state index contributed by atoms with van der Waals surface area (Å²) in [6, 6.07) is 3.62. The van der Waals surface area contributed by atoms with E-state index in [1.807, 2.05) is 19.9 Å². The first-order chi connectivity index (χ1) is 12.3. The number of nitrogens with zero attached hydrogens (tertiary/aromatic N) is 2. The molecule has 1 aromatic carbocycles. The van der Waals surface area contributed by atoms with Gasteiger partial charge >= 0.3 is 6.03 Å². The Morgan fingerprint density at radius 1 is 1.27 bits per heavy atom. The molecule has 3 amide bonds. The lowest BCUT2D eigenvalue weighted by Crippen LogP contribution is -2.57. The van der Waals surface area contributed by atoms with Gasteiger partial charge < -0.3 is 20.7 Å². The molecular formula is C18H27FN4O3. The molecule has 2 rings (SSSR count). The summed E-state index contributed by atoms with van der Waals surface area (Å²) in [5.74, 6) is -0.314. The van der Waals surface area contributed by atoms with E-state index < -0.39 is 12.1 Å². The lowest BCUT2D eigenvalue weighted by molar-refractivity contribution is -0.136. The van der Waals surface area contributed by atoms with E-state index in [9.17, 15) is 14.0 Å². The molecule has 7 nitrogen and oxygen atoms in total. The molecule has 0 aromatic heterocycles. The zero-order valence-corrected chi connectivity index (χ0v) is 15.5. The van der Waals surface area contributed by atoms with Crippen LogP contribution in [0.1, 0.15) is 19.4 Å². The van der Waals surface area contributed by atoms with Gasteiger partial charge in [-0.2, -0.15) is 0 Å². The molecular weight excluding hydrogens is 339 g/mol. The van der Waals surface area contributed by atoms with Crippen molar-refractivity contribution in [3.05, 3.63) is 29.6 Å². The highest BCUT2D eigenvalue weighted by Gasteiger charge is 2.30. The molecule has 1 aliphatic heterocycles. The third-order valence-electron chi connectivity index (χ3n) is 4.54. The number of nitrogens with one attached hydrogen (secondary N) is 1. The van der Waals surface area contributed by atoms with Crippen molar-refractivity contribution in [3.63, 3.8) is 0 Å². The average molecular weight is 366 g/mol. The molecule has 0 spiro atoms. The summed E-state index contributed by atoms with van der Waals surface area (Å²) in [6.07, 6.45) is 0. The lowest BCUT2D eigenvalue weighted by atomic mass is 10.0. The molecule has 1 saturated heterocycles. The van der Waals surface area contributed by atoms with Gasteiger partial charge in [-0.15, -0.1) is 0 Å². The molecule has 1 aromatic rings. The molecule has 0 unspecified atom stereocenters. The first-order valence-electron chi connectivity index (χ1n) is 8.71. The second kappa shape index (κ2) is 8.84. The molecule has 8 heteroatoms. The van der Waals surface area contributed by atoms with Crippen LogP contribution in [0.2, 0.25) is 0 Å². The van der Waals surface area contributed by atoms with Gasteiger partial charge in [0.2, 0.25) is 5.91 Å². The van der Waals surface area contributed by atoms with Crippen LogP contribution in [0.15, 0.2) is 18.2 Å². The van der Waals surface area contributed by atoms with Crippen molar-refractivity contribution >= 4 is 11.9 Å². The number of carbonyl (C=O) groups is 2. The van der Waals surface area contributed by atoms with E-state index >= 15 is 0 Å². The molecule has 1 atom stereocenters. The fourth-order valence-corrected chi connectivity index (χ4v) is 3.06. The van der Waals surface area contributed by atoms with Crippen LogP contribution in [0.5, 0.6) is 5.75 Å². The summed E-state index contributed by atoms with van der Waals surface area (Å²) >= 11 is 0. The van der Waals surface area contributed by atoms with Gasteiger partial charge in [0, 0.05) is 32.7 Å². The number of benzene rings is 1. The van der Waals surface area contributed by atoms with Crippen molar-refractivity contribution in [3.8, 4) is 5.75 Å². The van der Waals surface area contributed by atoms with E-state index in [4.69, 9.17) is 10.5 Å². The van der Waals surface area contributed by atoms with Gasteiger partial charge in [-0.3, -0.25) is 9.69 Å². The van der Waals surface area contributed by atoms with Gasteiger partial charge in [-0.05, 0) is 23.6 Å². The van der Waals surface area contributed by atoms with Crippen LogP contribution in [0.3, 0.4) is 0 Å². The number of ether oxygens (including phenoxy) is 1. The van der Waals surface area contributed by atoms with Crippen molar-refractivity contribution in [2.75, 3.05) is 33.3 Å². The Morgan fingerprint density at radius 3 is 2.42 bits per heavy atom. The molecule has 0 saturated carbocycles. The zero-order chi connectivity index (χ0) is 19.3. The van der Waals surface area contributed by atoms with E-state index in [1.54, 1.807) is 11.0 Å². The predicted octanol–water partition coefficient (Wildman–Crippen LogP) is 1.17. The topological polar surface area (TPSA) is 87.9 Å². The van der Waals surface area contributed by atoms with Crippen molar-refractivity contribution in [2.45, 2.75) is 26.4 Å². The van der Waals surface area contributed by atoms with Crippen LogP contribution < -0.4 is 15.8 Å². The molecule has 1 fully saturated rings. The Labute approximate surface area is 153 Å². The molecule has 0 bridgehead atoms. The number of rotatable bonds is 6. The minimum atomic E-state index is -0.697. The zero-order valence-electron chi connectivity index (χ0n) is 15.5. The molecule has 144 valence electrons. The monoisotopic (exact) mass is 366 g/mol. The first kappa shape index (κ1) is 20.0. The summed E-state index contributed by atoms with van der Waals surface area (Å²) in [7, 11) is 1.44. The van der Waals surface area contributed by atoms with Crippen molar-refractivity contribution < 1.29 is 18.7 Å². The SMILES string of the molecule is COc1ccc(CN2CCN(C(=O)[C@@H](NC(N)=O)C(C)C)CC2)cc1F. The molecule has 26 heavy (non-hydrogen) atoms. The van der Waals surface area contributed by atoms with E-state index in [0.29, 0.717) is 32.7 Å². The third kappa shape index (κ3) is 5.08. The number of piperazine rings is 1. The Balaban J connectivity index is 1.91. The Kier molecular flexibility index (Phi) is 6.79. The molecule has 3 N–H and O–H groups in total. The van der Waals surface area contributed by atoms with E-state index in [0.717, 1.165) is 5.56 Å². The van der Waals surface area contributed by atoms with Crippen LogP contribution in [-0.2, 0) is 11.3 Å². The third-order valence-corrected chi connectivity index (χ3v) is 4.54. The average Bonchev–Trinajstić information content (AvgIpc) is 2.59. The second-order valence-corrected chi connectivity index (χ2v) is 6.80.